The number of aromatic nitrogens is 1. The van der Waals surface area contributed by atoms with Crippen LogP contribution in [0.2, 0.25) is 0 Å². The summed E-state index contributed by atoms with van der Waals surface area (Å²) >= 11 is 0. The summed E-state index contributed by atoms with van der Waals surface area (Å²) < 4.78 is 1.57. The number of hydrogen-bond acceptors (Lipinski definition) is 4. The Morgan fingerprint density at radius 3 is 2.55 bits per heavy atom. The Balaban J connectivity index is 1.93. The van der Waals surface area contributed by atoms with Crippen LogP contribution in [0.5, 0.6) is 5.75 Å². The van der Waals surface area contributed by atoms with Crippen molar-refractivity contribution in [1.29, 1.82) is 0 Å². The van der Waals surface area contributed by atoms with Crippen molar-refractivity contribution in [2.45, 2.75) is 39.2 Å². The number of carbonyl (C=O) groups is 1. The predicted molar refractivity (Wildman–Crippen MR) is 116 cm³/mol. The molecule has 29 heavy (non-hydrogen) atoms. The average Bonchev–Trinajstić information content (AvgIpc) is 2.74. The molecule has 0 saturated heterocycles. The summed E-state index contributed by atoms with van der Waals surface area (Å²) in [5, 5.41) is 15.0. The van der Waals surface area contributed by atoms with Crippen LogP contribution in [-0.4, -0.2) is 21.8 Å². The smallest absolute Gasteiger partial charge is 0.280 e. The zero-order valence-corrected chi connectivity index (χ0v) is 16.5. The molecule has 0 spiro atoms. The molecule has 1 aromatic heterocycles. The second-order valence-corrected chi connectivity index (χ2v) is 6.87. The van der Waals surface area contributed by atoms with Gasteiger partial charge in [0.05, 0.1) is 11.7 Å². The van der Waals surface area contributed by atoms with Crippen LogP contribution < -0.4 is 11.0 Å². The van der Waals surface area contributed by atoms with Gasteiger partial charge in [0.2, 0.25) is 0 Å². The molecule has 2 N–H and O–H groups in total. The maximum absolute atomic E-state index is 13.0. The van der Waals surface area contributed by atoms with Crippen LogP contribution in [0.15, 0.2) is 64.5 Å². The Hall–Kier alpha value is -3.41. The highest BCUT2D eigenvalue weighted by Gasteiger charge is 2.21. The Morgan fingerprint density at radius 2 is 1.79 bits per heavy atom. The van der Waals surface area contributed by atoms with Crippen LogP contribution in [0.25, 0.3) is 10.9 Å². The maximum atomic E-state index is 13.0. The number of nitrogens with one attached hydrogen (secondary N) is 1. The summed E-state index contributed by atoms with van der Waals surface area (Å²) in [7, 11) is 0. The number of hydrogen-bond donors (Lipinski definition) is 2. The number of hydrazone groups is 1. The standard InChI is InChI=1S/C23H25N3O3/c1-2-3-4-10-15-26-19-14-9-8-13-18(19)21(27)20(23(26)29)22(28)25-24-16-17-11-6-5-7-12-17/h5-9,11-14,16,27H,2-4,10,15H2,1H3,(H,25,28). The van der Waals surface area contributed by atoms with Crippen molar-refractivity contribution in [3.8, 4) is 5.75 Å². The van der Waals surface area contributed by atoms with Gasteiger partial charge in [-0.05, 0) is 24.1 Å². The molecular weight excluding hydrogens is 366 g/mol. The first-order valence-electron chi connectivity index (χ1n) is 9.86. The van der Waals surface area contributed by atoms with Crippen LogP contribution in [0.4, 0.5) is 0 Å². The Morgan fingerprint density at radius 1 is 1.07 bits per heavy atom. The van der Waals surface area contributed by atoms with E-state index in [2.05, 4.69) is 17.5 Å². The third-order valence-corrected chi connectivity index (χ3v) is 4.79. The lowest BCUT2D eigenvalue weighted by Crippen LogP contribution is -2.31. The van der Waals surface area contributed by atoms with Crippen LogP contribution >= 0.6 is 0 Å². The van der Waals surface area contributed by atoms with E-state index in [0.717, 1.165) is 31.2 Å². The molecule has 0 aliphatic rings. The Bertz CT molecular complexity index is 1070. The highest BCUT2D eigenvalue weighted by Crippen LogP contribution is 2.26. The van der Waals surface area contributed by atoms with Crippen molar-refractivity contribution in [2.75, 3.05) is 0 Å². The molecule has 1 heterocycles. The van der Waals surface area contributed by atoms with E-state index in [-0.39, 0.29) is 11.3 Å². The van der Waals surface area contributed by atoms with Crippen molar-refractivity contribution >= 4 is 23.0 Å². The number of rotatable bonds is 8. The summed E-state index contributed by atoms with van der Waals surface area (Å²) in [5.41, 5.74) is 2.99. The van der Waals surface area contributed by atoms with Crippen molar-refractivity contribution in [3.05, 3.63) is 76.1 Å². The number of aryl methyl sites for hydroxylation is 1. The summed E-state index contributed by atoms with van der Waals surface area (Å²) in [4.78, 5) is 25.7. The first kappa shape index (κ1) is 20.3. The largest absolute Gasteiger partial charge is 0.506 e. The van der Waals surface area contributed by atoms with Gasteiger partial charge in [-0.3, -0.25) is 9.59 Å². The molecule has 1 amide bonds. The molecule has 6 heteroatoms. The number of para-hydroxylation sites is 1. The van der Waals surface area contributed by atoms with Crippen molar-refractivity contribution in [2.24, 2.45) is 5.10 Å². The molecule has 0 bridgehead atoms. The van der Waals surface area contributed by atoms with E-state index in [9.17, 15) is 14.7 Å². The zero-order valence-electron chi connectivity index (χ0n) is 16.5. The van der Waals surface area contributed by atoms with Crippen molar-refractivity contribution in [3.63, 3.8) is 0 Å². The fourth-order valence-electron chi connectivity index (χ4n) is 3.27. The van der Waals surface area contributed by atoms with E-state index >= 15 is 0 Å². The van der Waals surface area contributed by atoms with Gasteiger partial charge in [-0.15, -0.1) is 0 Å². The zero-order chi connectivity index (χ0) is 20.6. The minimum atomic E-state index is -0.729. The number of nitrogens with zero attached hydrogens (tertiary/aromatic N) is 2. The Kier molecular flexibility index (Phi) is 6.79. The third kappa shape index (κ3) is 4.71. The highest BCUT2D eigenvalue weighted by atomic mass is 16.3. The number of fused-ring (bicyclic) bond motifs is 1. The molecule has 150 valence electrons. The number of benzene rings is 2. The second kappa shape index (κ2) is 9.68. The van der Waals surface area contributed by atoms with Gasteiger partial charge in [-0.1, -0.05) is 68.7 Å². The second-order valence-electron chi connectivity index (χ2n) is 6.87. The minimum Gasteiger partial charge on any atom is -0.506 e. The molecule has 2 aromatic carbocycles. The van der Waals surface area contributed by atoms with Gasteiger partial charge in [-0.25, -0.2) is 5.43 Å². The van der Waals surface area contributed by atoms with Crippen LogP contribution in [0, 0.1) is 0 Å². The summed E-state index contributed by atoms with van der Waals surface area (Å²) in [5.74, 6) is -1.05. The van der Waals surface area contributed by atoms with Gasteiger partial charge in [0.15, 0.2) is 0 Å². The third-order valence-electron chi connectivity index (χ3n) is 4.79. The van der Waals surface area contributed by atoms with E-state index in [1.54, 1.807) is 22.8 Å². The molecule has 0 aliphatic carbocycles. The van der Waals surface area contributed by atoms with Crippen molar-refractivity contribution < 1.29 is 9.90 Å². The lowest BCUT2D eigenvalue weighted by molar-refractivity contribution is 0.0950. The molecule has 0 unspecified atom stereocenters. The minimum absolute atomic E-state index is 0.288. The number of pyridine rings is 1. The summed E-state index contributed by atoms with van der Waals surface area (Å²) in [6.45, 7) is 2.62. The molecule has 6 nitrogen and oxygen atoms in total. The number of unbranched alkanes of at least 4 members (excludes halogenated alkanes) is 3. The van der Waals surface area contributed by atoms with Crippen molar-refractivity contribution in [1.82, 2.24) is 9.99 Å². The van der Waals surface area contributed by atoms with Gasteiger partial charge in [0.25, 0.3) is 11.5 Å². The van der Waals surface area contributed by atoms with Crippen LogP contribution in [0.3, 0.4) is 0 Å². The molecule has 0 saturated carbocycles. The van der Waals surface area contributed by atoms with Gasteiger partial charge >= 0.3 is 0 Å². The van der Waals surface area contributed by atoms with E-state index in [0.29, 0.717) is 17.4 Å². The van der Waals surface area contributed by atoms with Gasteiger partial charge in [-0.2, -0.15) is 5.10 Å². The molecule has 0 aliphatic heterocycles. The summed E-state index contributed by atoms with van der Waals surface area (Å²) in [6, 6.07) is 16.3. The monoisotopic (exact) mass is 391 g/mol. The molecule has 0 radical (unpaired) electrons. The number of amides is 1. The maximum Gasteiger partial charge on any atom is 0.280 e. The highest BCUT2D eigenvalue weighted by molar-refractivity contribution is 6.02. The van der Waals surface area contributed by atoms with Gasteiger partial charge < -0.3 is 9.67 Å². The lowest BCUT2D eigenvalue weighted by Gasteiger charge is -2.14. The summed E-state index contributed by atoms with van der Waals surface area (Å²) in [6.07, 6.45) is 5.50. The molecule has 0 fully saturated rings. The molecule has 0 atom stereocenters. The normalized spacial score (nSPS) is 11.2. The quantitative estimate of drug-likeness (QED) is 0.345. The van der Waals surface area contributed by atoms with Crippen LogP contribution in [0.1, 0.15) is 48.5 Å². The van der Waals surface area contributed by atoms with Gasteiger partial charge in [0.1, 0.15) is 11.3 Å². The SMILES string of the molecule is CCCCCCn1c(=O)c(C(=O)NN=Cc2ccccc2)c(O)c2ccccc21. The molecule has 3 aromatic rings. The number of aromatic hydroxyl groups is 1. The first-order valence-corrected chi connectivity index (χ1v) is 9.86. The fourth-order valence-corrected chi connectivity index (χ4v) is 3.27. The first-order chi connectivity index (χ1) is 14.1. The van der Waals surface area contributed by atoms with Gasteiger partial charge in [0, 0.05) is 11.9 Å². The van der Waals surface area contributed by atoms with E-state index in [1.165, 1.54) is 6.21 Å². The molecule has 3 rings (SSSR count). The molecular formula is C23H25N3O3. The number of carbonyl (C=O) groups excluding carboxylic acids is 1. The lowest BCUT2D eigenvalue weighted by atomic mass is 10.1. The van der Waals surface area contributed by atoms with E-state index in [1.807, 2.05) is 36.4 Å². The van der Waals surface area contributed by atoms with E-state index in [4.69, 9.17) is 0 Å². The fraction of sp³-hybridized carbons (Fsp3) is 0.261. The van der Waals surface area contributed by atoms with Crippen LogP contribution in [-0.2, 0) is 6.54 Å². The predicted octanol–water partition coefficient (Wildman–Crippen LogP) is 4.05. The Labute approximate surface area is 169 Å². The average molecular weight is 391 g/mol. The van der Waals surface area contributed by atoms with E-state index < -0.39 is 11.5 Å². The topological polar surface area (TPSA) is 83.7 Å².